The zero-order valence-electron chi connectivity index (χ0n) is 25.7. The Morgan fingerprint density at radius 3 is 2.37 bits per heavy atom. The van der Waals surface area contributed by atoms with E-state index in [9.17, 15) is 19.5 Å². The van der Waals surface area contributed by atoms with Crippen LogP contribution in [0.3, 0.4) is 0 Å². The van der Waals surface area contributed by atoms with Crippen molar-refractivity contribution in [2.24, 2.45) is 5.92 Å². The molecular weight excluding hydrogens is 579 g/mol. The highest BCUT2D eigenvalue weighted by Gasteiger charge is 2.25. The van der Waals surface area contributed by atoms with Gasteiger partial charge in [0, 0.05) is 24.9 Å². The number of amides is 2. The van der Waals surface area contributed by atoms with Crippen LogP contribution in [0.5, 0.6) is 0 Å². The molecule has 0 bridgehead atoms. The van der Waals surface area contributed by atoms with Crippen molar-refractivity contribution in [1.82, 2.24) is 15.5 Å². The zero-order valence-corrected chi connectivity index (χ0v) is 27.3. The Balaban J connectivity index is 1.75. The first-order valence-corrected chi connectivity index (χ1v) is 17.4. The maximum atomic E-state index is 13.2. The standard InChI is InChI=1S/C34H45N3O4S2/c1-5-25(3)31(36-33(39)23-43-22-26-15-13-24(2)14-16-26)20-37(21-32(38)35-30(34(40)41)17-18-42-4)19-28-11-8-10-27-9-6-7-12-29(27)28/h6-16,25,30-31H,5,17-23H2,1-4H3,(H,35,38)(H,36,39)(H,40,41)/t25?,30-,31+/m0/s1. The van der Waals surface area contributed by atoms with Crippen molar-refractivity contribution in [2.75, 3.05) is 30.9 Å². The maximum absolute atomic E-state index is 13.2. The van der Waals surface area contributed by atoms with Gasteiger partial charge in [-0.25, -0.2) is 4.79 Å². The minimum atomic E-state index is -1.03. The van der Waals surface area contributed by atoms with Gasteiger partial charge in [-0.3, -0.25) is 14.5 Å². The van der Waals surface area contributed by atoms with E-state index in [1.165, 1.54) is 11.1 Å². The molecule has 0 spiro atoms. The van der Waals surface area contributed by atoms with Gasteiger partial charge in [-0.15, -0.1) is 11.8 Å². The smallest absolute Gasteiger partial charge is 0.326 e. The molecule has 0 aromatic heterocycles. The predicted octanol–water partition coefficient (Wildman–Crippen LogP) is 5.74. The molecule has 3 N–H and O–H groups in total. The number of carbonyl (C=O) groups is 3. The van der Waals surface area contributed by atoms with Crippen LogP contribution in [-0.2, 0) is 26.7 Å². The summed E-state index contributed by atoms with van der Waals surface area (Å²) in [4.78, 5) is 40.1. The molecule has 3 atom stereocenters. The van der Waals surface area contributed by atoms with E-state index in [1.54, 1.807) is 23.5 Å². The second-order valence-corrected chi connectivity index (χ2v) is 13.1. The van der Waals surface area contributed by atoms with Gasteiger partial charge in [0.05, 0.1) is 12.3 Å². The number of thioether (sulfide) groups is 2. The van der Waals surface area contributed by atoms with E-state index < -0.39 is 12.0 Å². The molecule has 0 aliphatic rings. The predicted molar refractivity (Wildman–Crippen MR) is 181 cm³/mol. The third-order valence-electron chi connectivity index (χ3n) is 7.64. The van der Waals surface area contributed by atoms with Gasteiger partial charge in [-0.1, -0.05) is 92.6 Å². The molecule has 1 unspecified atom stereocenters. The molecule has 0 aliphatic heterocycles. The number of nitrogens with one attached hydrogen (secondary N) is 2. The lowest BCUT2D eigenvalue weighted by molar-refractivity contribution is -0.142. The second kappa shape index (κ2) is 18.0. The van der Waals surface area contributed by atoms with E-state index in [1.807, 2.05) is 29.4 Å². The van der Waals surface area contributed by atoms with Crippen molar-refractivity contribution < 1.29 is 19.5 Å². The van der Waals surface area contributed by atoms with Crippen molar-refractivity contribution >= 4 is 52.1 Å². The van der Waals surface area contributed by atoms with Crippen molar-refractivity contribution in [3.63, 3.8) is 0 Å². The van der Waals surface area contributed by atoms with Crippen molar-refractivity contribution in [3.8, 4) is 0 Å². The number of carbonyl (C=O) groups excluding carboxylic acids is 2. The Morgan fingerprint density at radius 2 is 1.67 bits per heavy atom. The van der Waals surface area contributed by atoms with Gasteiger partial charge in [0.25, 0.3) is 0 Å². The van der Waals surface area contributed by atoms with Crippen LogP contribution in [0.15, 0.2) is 66.7 Å². The van der Waals surface area contributed by atoms with Gasteiger partial charge in [0.2, 0.25) is 11.8 Å². The van der Waals surface area contributed by atoms with E-state index in [0.29, 0.717) is 31.0 Å². The van der Waals surface area contributed by atoms with Gasteiger partial charge in [0.1, 0.15) is 6.04 Å². The molecule has 43 heavy (non-hydrogen) atoms. The number of fused-ring (bicyclic) bond motifs is 1. The van der Waals surface area contributed by atoms with Crippen molar-refractivity contribution in [3.05, 3.63) is 83.4 Å². The van der Waals surface area contributed by atoms with Crippen molar-refractivity contribution in [2.45, 2.75) is 58.0 Å². The normalized spacial score (nSPS) is 13.4. The van der Waals surface area contributed by atoms with Crippen LogP contribution in [0.2, 0.25) is 0 Å². The largest absolute Gasteiger partial charge is 0.480 e. The summed E-state index contributed by atoms with van der Waals surface area (Å²) < 4.78 is 0. The lowest BCUT2D eigenvalue weighted by Gasteiger charge is -2.31. The molecule has 2 amide bonds. The Labute approximate surface area is 264 Å². The Kier molecular flexibility index (Phi) is 14.4. The fourth-order valence-electron chi connectivity index (χ4n) is 4.92. The topological polar surface area (TPSA) is 98.7 Å². The molecule has 0 saturated carbocycles. The average molecular weight is 624 g/mol. The highest BCUT2D eigenvalue weighted by atomic mass is 32.2. The van der Waals surface area contributed by atoms with Gasteiger partial charge in [0.15, 0.2) is 0 Å². The summed E-state index contributed by atoms with van der Waals surface area (Å²) in [6, 6.07) is 21.5. The van der Waals surface area contributed by atoms with Crippen LogP contribution >= 0.6 is 23.5 Å². The summed E-state index contributed by atoms with van der Waals surface area (Å²) in [5, 5.41) is 17.8. The molecule has 0 saturated heterocycles. The lowest BCUT2D eigenvalue weighted by Crippen LogP contribution is -2.51. The number of benzene rings is 3. The van der Waals surface area contributed by atoms with Crippen LogP contribution < -0.4 is 10.6 Å². The SMILES string of the molecule is CCC(C)[C@@H](CN(CC(=O)N[C@@H](CCSC)C(=O)O)Cc1cccc2ccccc12)NC(=O)CSCc1ccc(C)cc1. The summed E-state index contributed by atoms with van der Waals surface area (Å²) in [6.45, 7) is 7.25. The van der Waals surface area contributed by atoms with E-state index >= 15 is 0 Å². The van der Waals surface area contributed by atoms with Crippen molar-refractivity contribution in [1.29, 1.82) is 0 Å². The zero-order chi connectivity index (χ0) is 31.2. The Bertz CT molecular complexity index is 1330. The first-order valence-electron chi connectivity index (χ1n) is 14.8. The fourth-order valence-corrected chi connectivity index (χ4v) is 6.19. The molecule has 0 heterocycles. The van der Waals surface area contributed by atoms with Gasteiger partial charge in [-0.05, 0) is 53.2 Å². The van der Waals surface area contributed by atoms with Gasteiger partial charge < -0.3 is 15.7 Å². The van der Waals surface area contributed by atoms with Gasteiger partial charge in [-0.2, -0.15) is 11.8 Å². The minimum Gasteiger partial charge on any atom is -0.480 e. The number of carboxylic acids is 1. The molecule has 0 radical (unpaired) electrons. The molecule has 7 nitrogen and oxygen atoms in total. The molecule has 0 aliphatic carbocycles. The molecule has 3 aromatic carbocycles. The molecule has 0 fully saturated rings. The number of hydrogen-bond acceptors (Lipinski definition) is 6. The monoisotopic (exact) mass is 623 g/mol. The van der Waals surface area contributed by atoms with Gasteiger partial charge >= 0.3 is 5.97 Å². The summed E-state index contributed by atoms with van der Waals surface area (Å²) in [6.07, 6.45) is 3.14. The van der Waals surface area contributed by atoms with Crippen LogP contribution in [0.25, 0.3) is 10.8 Å². The third kappa shape index (κ3) is 11.5. The number of rotatable bonds is 18. The summed E-state index contributed by atoms with van der Waals surface area (Å²) in [5.41, 5.74) is 3.47. The second-order valence-electron chi connectivity index (χ2n) is 11.1. The minimum absolute atomic E-state index is 0.0250. The van der Waals surface area contributed by atoms with Crippen LogP contribution in [0.1, 0.15) is 43.4 Å². The first-order chi connectivity index (χ1) is 20.7. The highest BCUT2D eigenvalue weighted by Crippen LogP contribution is 2.21. The summed E-state index contributed by atoms with van der Waals surface area (Å²) in [5.74, 6) is 0.530. The Morgan fingerprint density at radius 1 is 0.953 bits per heavy atom. The van der Waals surface area contributed by atoms with E-state index in [4.69, 9.17) is 0 Å². The highest BCUT2D eigenvalue weighted by molar-refractivity contribution is 7.99. The number of carboxylic acid groups (broad SMARTS) is 1. The summed E-state index contributed by atoms with van der Waals surface area (Å²) >= 11 is 3.13. The van der Waals surface area contributed by atoms with Crippen LogP contribution in [0, 0.1) is 12.8 Å². The summed E-state index contributed by atoms with van der Waals surface area (Å²) in [7, 11) is 0. The van der Waals surface area contributed by atoms with E-state index in [0.717, 1.165) is 28.5 Å². The molecular formula is C34H45N3O4S2. The first kappa shape index (κ1) is 34.5. The van der Waals surface area contributed by atoms with E-state index in [2.05, 4.69) is 79.9 Å². The third-order valence-corrected chi connectivity index (χ3v) is 9.29. The molecule has 9 heteroatoms. The lowest BCUT2D eigenvalue weighted by atomic mass is 9.97. The number of aryl methyl sites for hydroxylation is 1. The fraction of sp³-hybridized carbons (Fsp3) is 0.441. The molecule has 3 rings (SSSR count). The number of hydrogen-bond donors (Lipinski definition) is 3. The van der Waals surface area contributed by atoms with Crippen LogP contribution in [0.4, 0.5) is 0 Å². The number of nitrogens with zero attached hydrogens (tertiary/aromatic N) is 1. The maximum Gasteiger partial charge on any atom is 0.326 e. The number of aliphatic carboxylic acids is 1. The molecule has 3 aromatic rings. The quantitative estimate of drug-likeness (QED) is 0.166. The van der Waals surface area contributed by atoms with E-state index in [-0.39, 0.29) is 30.3 Å². The molecule has 232 valence electrons. The Hall–Kier alpha value is -3.01. The van der Waals surface area contributed by atoms with Crippen LogP contribution in [-0.4, -0.2) is 70.7 Å². The average Bonchev–Trinajstić information content (AvgIpc) is 2.99.